The summed E-state index contributed by atoms with van der Waals surface area (Å²) in [5.41, 5.74) is 1.45. The fraction of sp³-hybridized carbons (Fsp3) is 0.579. The molecule has 1 aromatic carbocycles. The van der Waals surface area contributed by atoms with Gasteiger partial charge in [-0.25, -0.2) is 0 Å². The summed E-state index contributed by atoms with van der Waals surface area (Å²) < 4.78 is 0. The lowest BCUT2D eigenvalue weighted by atomic mass is 10.2. The molecule has 5 nitrogen and oxygen atoms in total. The van der Waals surface area contributed by atoms with Crippen molar-refractivity contribution in [2.24, 2.45) is 0 Å². The highest BCUT2D eigenvalue weighted by molar-refractivity contribution is 5.96. The summed E-state index contributed by atoms with van der Waals surface area (Å²) in [5.74, 6) is 0.116. The summed E-state index contributed by atoms with van der Waals surface area (Å²) in [4.78, 5) is 28.6. The molecule has 2 fully saturated rings. The van der Waals surface area contributed by atoms with E-state index in [0.717, 1.165) is 44.7 Å². The van der Waals surface area contributed by atoms with E-state index in [4.69, 9.17) is 0 Å². The second kappa shape index (κ2) is 8.29. The van der Waals surface area contributed by atoms with Crippen molar-refractivity contribution in [2.75, 3.05) is 38.0 Å². The van der Waals surface area contributed by atoms with E-state index in [9.17, 15) is 9.59 Å². The van der Waals surface area contributed by atoms with Crippen LogP contribution >= 0.6 is 0 Å². The van der Waals surface area contributed by atoms with Crippen molar-refractivity contribution in [1.29, 1.82) is 0 Å². The van der Waals surface area contributed by atoms with E-state index in [1.54, 1.807) is 0 Å². The van der Waals surface area contributed by atoms with Gasteiger partial charge in [-0.2, -0.15) is 0 Å². The third-order valence-corrected chi connectivity index (χ3v) is 4.87. The lowest BCUT2D eigenvalue weighted by Gasteiger charge is -2.19. The monoisotopic (exact) mass is 329 g/mol. The molecule has 2 amide bonds. The third kappa shape index (κ3) is 4.57. The maximum atomic E-state index is 12.3. The smallest absolute Gasteiger partial charge is 0.253 e. The predicted molar refractivity (Wildman–Crippen MR) is 95.1 cm³/mol. The third-order valence-electron chi connectivity index (χ3n) is 4.87. The zero-order valence-electron chi connectivity index (χ0n) is 14.3. The average Bonchev–Trinajstić information content (AvgIpc) is 3.01. The maximum absolute atomic E-state index is 12.3. The molecule has 24 heavy (non-hydrogen) atoms. The molecule has 1 aromatic rings. The van der Waals surface area contributed by atoms with Gasteiger partial charge in [-0.05, 0) is 63.0 Å². The number of carbonyl (C=O) groups excluding carboxylic acids is 2. The van der Waals surface area contributed by atoms with Crippen molar-refractivity contribution in [2.45, 2.75) is 38.5 Å². The van der Waals surface area contributed by atoms with Crippen LogP contribution in [0.3, 0.4) is 0 Å². The van der Waals surface area contributed by atoms with Crippen molar-refractivity contribution in [3.8, 4) is 0 Å². The molecule has 3 rings (SSSR count). The Balaban J connectivity index is 1.51. The number of carbonyl (C=O) groups is 2. The van der Waals surface area contributed by atoms with Crippen molar-refractivity contribution in [3.63, 3.8) is 0 Å². The fourth-order valence-electron chi connectivity index (χ4n) is 3.50. The van der Waals surface area contributed by atoms with E-state index < -0.39 is 0 Å². The van der Waals surface area contributed by atoms with E-state index >= 15 is 0 Å². The molecule has 2 aliphatic rings. The minimum absolute atomic E-state index is 0.0236. The number of nitrogens with zero attached hydrogens (tertiary/aromatic N) is 2. The molecular weight excluding hydrogens is 302 g/mol. The number of benzene rings is 1. The Kier molecular flexibility index (Phi) is 5.86. The molecule has 5 heteroatoms. The highest BCUT2D eigenvalue weighted by Crippen LogP contribution is 2.16. The Morgan fingerprint density at radius 2 is 1.42 bits per heavy atom. The highest BCUT2D eigenvalue weighted by Gasteiger charge is 2.19. The van der Waals surface area contributed by atoms with Gasteiger partial charge >= 0.3 is 0 Å². The summed E-state index contributed by atoms with van der Waals surface area (Å²) in [6.45, 7) is 4.18. The van der Waals surface area contributed by atoms with Gasteiger partial charge < -0.3 is 10.2 Å². The van der Waals surface area contributed by atoms with Crippen molar-refractivity contribution in [3.05, 3.63) is 29.8 Å². The summed E-state index contributed by atoms with van der Waals surface area (Å²) in [6, 6.07) is 7.26. The van der Waals surface area contributed by atoms with Crippen LogP contribution in [0.2, 0.25) is 0 Å². The molecule has 0 spiro atoms. The van der Waals surface area contributed by atoms with E-state index in [-0.39, 0.29) is 11.8 Å². The molecule has 0 aliphatic carbocycles. The fourth-order valence-corrected chi connectivity index (χ4v) is 3.50. The topological polar surface area (TPSA) is 52.7 Å². The molecule has 1 N–H and O–H groups in total. The van der Waals surface area contributed by atoms with Crippen LogP contribution in [0.5, 0.6) is 0 Å². The Morgan fingerprint density at radius 3 is 2.04 bits per heavy atom. The van der Waals surface area contributed by atoms with Crippen LogP contribution in [0.25, 0.3) is 0 Å². The Labute approximate surface area is 144 Å². The molecule has 130 valence electrons. The largest absolute Gasteiger partial charge is 0.339 e. The highest BCUT2D eigenvalue weighted by atomic mass is 16.2. The normalized spacial score (nSPS) is 19.1. The van der Waals surface area contributed by atoms with Gasteiger partial charge in [-0.3, -0.25) is 14.5 Å². The first kappa shape index (κ1) is 17.0. The predicted octanol–water partition coefficient (Wildman–Crippen LogP) is 2.74. The lowest BCUT2D eigenvalue weighted by Crippen LogP contribution is -2.33. The zero-order chi connectivity index (χ0) is 16.8. The van der Waals surface area contributed by atoms with Crippen LogP contribution in [-0.4, -0.2) is 54.3 Å². The molecule has 0 atom stereocenters. The van der Waals surface area contributed by atoms with E-state index in [2.05, 4.69) is 10.2 Å². The number of hydrogen-bond donors (Lipinski definition) is 1. The van der Waals surface area contributed by atoms with Gasteiger partial charge in [0.1, 0.15) is 0 Å². The van der Waals surface area contributed by atoms with Crippen molar-refractivity contribution in [1.82, 2.24) is 9.80 Å². The maximum Gasteiger partial charge on any atom is 0.253 e. The number of nitrogens with one attached hydrogen (secondary N) is 1. The minimum atomic E-state index is 0.0236. The van der Waals surface area contributed by atoms with Crippen LogP contribution in [-0.2, 0) is 4.79 Å². The quantitative estimate of drug-likeness (QED) is 0.924. The molecule has 0 bridgehead atoms. The number of anilines is 1. The molecule has 2 heterocycles. The Bertz CT molecular complexity index is 556. The van der Waals surface area contributed by atoms with Crippen LogP contribution in [0.4, 0.5) is 5.69 Å². The van der Waals surface area contributed by atoms with Gasteiger partial charge in [-0.1, -0.05) is 12.8 Å². The Hall–Kier alpha value is -1.88. The van der Waals surface area contributed by atoms with Gasteiger partial charge in [0.15, 0.2) is 0 Å². The van der Waals surface area contributed by atoms with Crippen LogP contribution in [0.15, 0.2) is 24.3 Å². The van der Waals surface area contributed by atoms with Crippen LogP contribution in [0, 0.1) is 0 Å². The second-order valence-electron chi connectivity index (χ2n) is 6.82. The Morgan fingerprint density at radius 1 is 0.833 bits per heavy atom. The molecule has 0 saturated carbocycles. The molecule has 2 saturated heterocycles. The van der Waals surface area contributed by atoms with Crippen molar-refractivity contribution < 1.29 is 9.59 Å². The van der Waals surface area contributed by atoms with Crippen LogP contribution < -0.4 is 5.32 Å². The van der Waals surface area contributed by atoms with Crippen molar-refractivity contribution >= 4 is 17.5 Å². The van der Waals surface area contributed by atoms with Crippen LogP contribution in [0.1, 0.15) is 48.9 Å². The van der Waals surface area contributed by atoms with E-state index in [1.165, 1.54) is 25.7 Å². The average molecular weight is 329 g/mol. The van der Waals surface area contributed by atoms with E-state index in [0.29, 0.717) is 12.1 Å². The number of hydrogen-bond acceptors (Lipinski definition) is 3. The van der Waals surface area contributed by atoms with E-state index in [1.807, 2.05) is 29.2 Å². The summed E-state index contributed by atoms with van der Waals surface area (Å²) in [7, 11) is 0. The van der Waals surface area contributed by atoms with Gasteiger partial charge in [0.25, 0.3) is 5.91 Å². The van der Waals surface area contributed by atoms with Gasteiger partial charge in [0.05, 0.1) is 6.54 Å². The van der Waals surface area contributed by atoms with Gasteiger partial charge in [0.2, 0.25) is 5.91 Å². The molecule has 0 unspecified atom stereocenters. The molecule has 0 aromatic heterocycles. The number of rotatable bonds is 4. The SMILES string of the molecule is O=C(CN1CCCCCC1)Nc1ccc(C(=O)N2CCCC2)cc1. The second-order valence-corrected chi connectivity index (χ2v) is 6.82. The number of likely N-dealkylation sites (tertiary alicyclic amines) is 2. The lowest BCUT2D eigenvalue weighted by molar-refractivity contribution is -0.117. The summed E-state index contributed by atoms with van der Waals surface area (Å²) in [6.07, 6.45) is 7.09. The van der Waals surface area contributed by atoms with Gasteiger partial charge in [0, 0.05) is 24.3 Å². The number of amides is 2. The zero-order valence-corrected chi connectivity index (χ0v) is 14.3. The standard InChI is InChI=1S/C19H27N3O2/c23-18(15-21-11-3-1-2-4-12-21)20-17-9-7-16(8-10-17)19(24)22-13-5-6-14-22/h7-10H,1-6,11-15H2,(H,20,23). The summed E-state index contributed by atoms with van der Waals surface area (Å²) in [5, 5.41) is 2.94. The summed E-state index contributed by atoms with van der Waals surface area (Å²) >= 11 is 0. The molecular formula is C19H27N3O2. The first-order chi connectivity index (χ1) is 11.7. The first-order valence-electron chi connectivity index (χ1n) is 9.14. The molecule has 2 aliphatic heterocycles. The minimum Gasteiger partial charge on any atom is -0.339 e. The first-order valence-corrected chi connectivity index (χ1v) is 9.14. The molecule has 0 radical (unpaired) electrons. The van der Waals surface area contributed by atoms with Gasteiger partial charge in [-0.15, -0.1) is 0 Å².